The van der Waals surface area contributed by atoms with E-state index in [1.54, 1.807) is 11.2 Å². The van der Waals surface area contributed by atoms with Gasteiger partial charge in [0, 0.05) is 16.9 Å². The fourth-order valence-electron chi connectivity index (χ4n) is 4.99. The van der Waals surface area contributed by atoms with Gasteiger partial charge in [0.05, 0.1) is 24.2 Å². The molecule has 2 N–H and O–H groups in total. The van der Waals surface area contributed by atoms with Crippen LogP contribution in [0.1, 0.15) is 44.3 Å². The third-order valence-corrected chi connectivity index (χ3v) is 7.05. The summed E-state index contributed by atoms with van der Waals surface area (Å²) in [4.78, 5) is 23.0. The maximum Gasteiger partial charge on any atom is 0.260 e. The lowest BCUT2D eigenvalue weighted by Gasteiger charge is -2.40. The third-order valence-electron chi connectivity index (χ3n) is 6.18. The SMILES string of the molecule is O=c1[nH]c(C[NH+]2CCC[C@H]3CCCC[C@@H]32)nc2scc(-c3ccco3)c12. The molecule has 1 unspecified atom stereocenters. The molecule has 2 fully saturated rings. The molecular weight excluding hydrogens is 346 g/mol. The van der Waals surface area contributed by atoms with Gasteiger partial charge < -0.3 is 14.3 Å². The number of quaternary nitrogens is 1. The van der Waals surface area contributed by atoms with Crippen LogP contribution in [0.4, 0.5) is 0 Å². The number of hydrogen-bond acceptors (Lipinski definition) is 4. The summed E-state index contributed by atoms with van der Waals surface area (Å²) in [5.74, 6) is 2.43. The molecule has 3 atom stereocenters. The fourth-order valence-corrected chi connectivity index (χ4v) is 5.94. The summed E-state index contributed by atoms with van der Waals surface area (Å²) in [6.45, 7) is 2.03. The second kappa shape index (κ2) is 6.67. The van der Waals surface area contributed by atoms with Crippen LogP contribution in [0.5, 0.6) is 0 Å². The van der Waals surface area contributed by atoms with Gasteiger partial charge >= 0.3 is 0 Å². The highest BCUT2D eigenvalue weighted by molar-refractivity contribution is 7.17. The summed E-state index contributed by atoms with van der Waals surface area (Å²) in [5, 5.41) is 2.62. The van der Waals surface area contributed by atoms with E-state index in [0.29, 0.717) is 5.39 Å². The molecule has 3 aromatic rings. The van der Waals surface area contributed by atoms with Gasteiger partial charge in [0.25, 0.3) is 5.56 Å². The number of fused-ring (bicyclic) bond motifs is 2. The molecule has 0 bridgehead atoms. The zero-order valence-electron chi connectivity index (χ0n) is 14.8. The monoisotopic (exact) mass is 370 g/mol. The van der Waals surface area contributed by atoms with Gasteiger partial charge in [-0.05, 0) is 44.2 Å². The Morgan fingerprint density at radius 2 is 2.15 bits per heavy atom. The van der Waals surface area contributed by atoms with Crippen molar-refractivity contribution < 1.29 is 9.32 Å². The predicted octanol–water partition coefficient (Wildman–Crippen LogP) is 2.98. The van der Waals surface area contributed by atoms with Crippen LogP contribution in [0.2, 0.25) is 0 Å². The van der Waals surface area contributed by atoms with Crippen molar-refractivity contribution in [3.63, 3.8) is 0 Å². The number of H-pyrrole nitrogens is 1. The Kier molecular flexibility index (Phi) is 4.17. The molecule has 0 spiro atoms. The first-order chi connectivity index (χ1) is 12.8. The highest BCUT2D eigenvalue weighted by atomic mass is 32.1. The summed E-state index contributed by atoms with van der Waals surface area (Å²) in [5.41, 5.74) is 0.794. The number of rotatable bonds is 3. The maximum absolute atomic E-state index is 12.8. The van der Waals surface area contributed by atoms with Crippen molar-refractivity contribution in [3.05, 3.63) is 40.0 Å². The lowest BCUT2D eigenvalue weighted by molar-refractivity contribution is -0.949. The quantitative estimate of drug-likeness (QED) is 0.745. The van der Waals surface area contributed by atoms with Crippen molar-refractivity contribution in [1.29, 1.82) is 0 Å². The summed E-state index contributed by atoms with van der Waals surface area (Å²) >= 11 is 1.52. The van der Waals surface area contributed by atoms with Gasteiger partial charge in [-0.3, -0.25) is 4.79 Å². The second-order valence-corrected chi connectivity index (χ2v) is 8.56. The normalized spacial score (nSPS) is 26.1. The second-order valence-electron chi connectivity index (χ2n) is 7.70. The first kappa shape index (κ1) is 16.3. The molecule has 4 heterocycles. The van der Waals surface area contributed by atoms with Gasteiger partial charge in [0.15, 0.2) is 5.82 Å². The Morgan fingerprint density at radius 3 is 3.04 bits per heavy atom. The molecule has 3 aromatic heterocycles. The summed E-state index contributed by atoms with van der Waals surface area (Å²) in [6, 6.07) is 4.48. The number of likely N-dealkylation sites (tertiary alicyclic amines) is 1. The van der Waals surface area contributed by atoms with Gasteiger partial charge in [-0.15, -0.1) is 11.3 Å². The first-order valence-electron chi connectivity index (χ1n) is 9.68. The topological polar surface area (TPSA) is 63.3 Å². The Hall–Kier alpha value is -1.92. The molecule has 1 saturated heterocycles. The van der Waals surface area contributed by atoms with Crippen LogP contribution in [0, 0.1) is 5.92 Å². The fraction of sp³-hybridized carbons (Fsp3) is 0.500. The van der Waals surface area contributed by atoms with E-state index >= 15 is 0 Å². The molecule has 1 aliphatic heterocycles. The van der Waals surface area contributed by atoms with Crippen LogP contribution in [0.25, 0.3) is 21.5 Å². The summed E-state index contributed by atoms with van der Waals surface area (Å²) in [6.07, 6.45) is 9.77. The molecule has 136 valence electrons. The Labute approximate surface area is 156 Å². The van der Waals surface area contributed by atoms with Crippen LogP contribution in [0.3, 0.4) is 0 Å². The lowest BCUT2D eigenvalue weighted by Crippen LogP contribution is -3.16. The summed E-state index contributed by atoms with van der Waals surface area (Å²) < 4.78 is 5.47. The van der Waals surface area contributed by atoms with Crippen molar-refractivity contribution in [3.8, 4) is 11.3 Å². The first-order valence-corrected chi connectivity index (χ1v) is 10.6. The minimum atomic E-state index is -0.0470. The minimum absolute atomic E-state index is 0.0470. The van der Waals surface area contributed by atoms with Gasteiger partial charge in [-0.2, -0.15) is 0 Å². The van der Waals surface area contributed by atoms with Gasteiger partial charge in [0.2, 0.25) is 0 Å². The Balaban J connectivity index is 1.46. The zero-order chi connectivity index (χ0) is 17.5. The molecule has 0 radical (unpaired) electrons. The number of aromatic nitrogens is 2. The lowest BCUT2D eigenvalue weighted by atomic mass is 9.78. The van der Waals surface area contributed by atoms with E-state index in [4.69, 9.17) is 9.40 Å². The van der Waals surface area contributed by atoms with E-state index in [-0.39, 0.29) is 5.56 Å². The number of hydrogen-bond donors (Lipinski definition) is 2. The van der Waals surface area contributed by atoms with E-state index in [1.165, 1.54) is 56.4 Å². The van der Waals surface area contributed by atoms with Crippen molar-refractivity contribution >= 4 is 21.6 Å². The standard InChI is InChI=1S/C20H23N3O2S/c24-19-18-14(16-8-4-10-25-16)12-26-20(18)22-17(21-19)11-23-9-3-6-13-5-1-2-7-15(13)23/h4,8,10,12-13,15H,1-3,5-7,9,11H2,(H,21,22,24)/p+1/t13-,15+/m1/s1. The Bertz CT molecular complexity index is 957. The molecule has 5 rings (SSSR count). The molecule has 1 aliphatic carbocycles. The van der Waals surface area contributed by atoms with E-state index in [0.717, 1.165) is 40.5 Å². The molecule has 6 heteroatoms. The number of furan rings is 1. The van der Waals surface area contributed by atoms with Crippen LogP contribution in [-0.4, -0.2) is 22.6 Å². The molecule has 0 aromatic carbocycles. The average Bonchev–Trinajstić information content (AvgIpc) is 3.31. The van der Waals surface area contributed by atoms with E-state index in [1.807, 2.05) is 17.5 Å². The van der Waals surface area contributed by atoms with Crippen molar-refractivity contribution in [2.45, 2.75) is 51.1 Å². The van der Waals surface area contributed by atoms with Crippen molar-refractivity contribution in [2.75, 3.05) is 6.54 Å². The number of piperidine rings is 1. The maximum atomic E-state index is 12.8. The highest BCUT2D eigenvalue weighted by Crippen LogP contribution is 2.31. The Morgan fingerprint density at radius 1 is 1.27 bits per heavy atom. The molecule has 5 nitrogen and oxygen atoms in total. The van der Waals surface area contributed by atoms with Crippen molar-refractivity contribution in [1.82, 2.24) is 9.97 Å². The molecule has 1 saturated carbocycles. The average molecular weight is 370 g/mol. The highest BCUT2D eigenvalue weighted by Gasteiger charge is 2.36. The smallest absolute Gasteiger partial charge is 0.260 e. The van der Waals surface area contributed by atoms with Crippen LogP contribution < -0.4 is 10.5 Å². The van der Waals surface area contributed by atoms with E-state index in [2.05, 4.69) is 4.98 Å². The molecule has 0 amide bonds. The summed E-state index contributed by atoms with van der Waals surface area (Å²) in [7, 11) is 0. The van der Waals surface area contributed by atoms with Crippen LogP contribution >= 0.6 is 11.3 Å². The van der Waals surface area contributed by atoms with Crippen LogP contribution in [0.15, 0.2) is 33.0 Å². The van der Waals surface area contributed by atoms with E-state index < -0.39 is 0 Å². The van der Waals surface area contributed by atoms with Crippen LogP contribution in [-0.2, 0) is 6.54 Å². The van der Waals surface area contributed by atoms with Gasteiger partial charge in [0.1, 0.15) is 17.1 Å². The minimum Gasteiger partial charge on any atom is -0.464 e. The molecular formula is C20H24N3O2S+. The van der Waals surface area contributed by atoms with Gasteiger partial charge in [-0.25, -0.2) is 4.98 Å². The largest absolute Gasteiger partial charge is 0.464 e. The number of thiophene rings is 1. The predicted molar refractivity (Wildman–Crippen MR) is 102 cm³/mol. The molecule has 26 heavy (non-hydrogen) atoms. The zero-order valence-corrected chi connectivity index (χ0v) is 15.6. The number of nitrogens with zero attached hydrogens (tertiary/aromatic N) is 1. The van der Waals surface area contributed by atoms with Gasteiger partial charge in [-0.1, -0.05) is 6.42 Å². The third kappa shape index (κ3) is 2.81. The van der Waals surface area contributed by atoms with E-state index in [9.17, 15) is 4.79 Å². The number of nitrogens with one attached hydrogen (secondary N) is 2. The number of aromatic amines is 1. The molecule has 2 aliphatic rings. The van der Waals surface area contributed by atoms with Crippen molar-refractivity contribution in [2.24, 2.45) is 5.92 Å².